The molecule has 0 saturated carbocycles. The van der Waals surface area contributed by atoms with Crippen LogP contribution < -0.4 is 5.73 Å². The monoisotopic (exact) mass is 177 g/mol. The number of nitrogens with zero attached hydrogens (tertiary/aromatic N) is 2. The standard InChI is InChI=1S/C10H15N3/c1-13-4-2-8-6-9(11)7-12-10(8)3-5-13/h6-7H,2-5,11H2,1H3. The van der Waals surface area contributed by atoms with Gasteiger partial charge in [-0.15, -0.1) is 0 Å². The molecule has 1 aliphatic rings. The lowest BCUT2D eigenvalue weighted by molar-refractivity contribution is 0.352. The molecule has 1 aromatic rings. The van der Waals surface area contributed by atoms with Gasteiger partial charge in [0.25, 0.3) is 0 Å². The smallest absolute Gasteiger partial charge is 0.0503 e. The van der Waals surface area contributed by atoms with Gasteiger partial charge in [0.1, 0.15) is 0 Å². The number of hydrogen-bond acceptors (Lipinski definition) is 3. The average molecular weight is 177 g/mol. The molecule has 0 fully saturated rings. The van der Waals surface area contributed by atoms with E-state index in [0.717, 1.165) is 31.6 Å². The summed E-state index contributed by atoms with van der Waals surface area (Å²) in [4.78, 5) is 6.69. The molecule has 0 bridgehead atoms. The molecule has 0 unspecified atom stereocenters. The number of nitrogen functional groups attached to an aromatic ring is 1. The predicted molar refractivity (Wildman–Crippen MR) is 53.6 cm³/mol. The molecule has 70 valence electrons. The van der Waals surface area contributed by atoms with E-state index in [2.05, 4.69) is 23.0 Å². The molecule has 0 saturated heterocycles. The Morgan fingerprint density at radius 1 is 1.38 bits per heavy atom. The van der Waals surface area contributed by atoms with E-state index in [1.807, 2.05) is 0 Å². The van der Waals surface area contributed by atoms with Crippen molar-refractivity contribution in [3.63, 3.8) is 0 Å². The van der Waals surface area contributed by atoms with Gasteiger partial charge < -0.3 is 10.6 Å². The SMILES string of the molecule is CN1CCc2cc(N)cnc2CC1. The molecular weight excluding hydrogens is 162 g/mol. The van der Waals surface area contributed by atoms with Crippen molar-refractivity contribution in [2.75, 3.05) is 25.9 Å². The molecule has 0 radical (unpaired) electrons. The minimum atomic E-state index is 0.781. The Bertz CT molecular complexity index is 309. The second-order valence-corrected chi connectivity index (χ2v) is 3.68. The van der Waals surface area contributed by atoms with Gasteiger partial charge in [-0.3, -0.25) is 4.98 Å². The van der Waals surface area contributed by atoms with E-state index in [4.69, 9.17) is 5.73 Å². The lowest BCUT2D eigenvalue weighted by Gasteiger charge is -2.10. The van der Waals surface area contributed by atoms with Crippen LogP contribution in [0.25, 0.3) is 0 Å². The van der Waals surface area contributed by atoms with Crippen molar-refractivity contribution in [2.45, 2.75) is 12.8 Å². The van der Waals surface area contributed by atoms with Gasteiger partial charge in [0, 0.05) is 25.2 Å². The minimum Gasteiger partial charge on any atom is -0.397 e. The summed E-state index contributed by atoms with van der Waals surface area (Å²) in [6, 6.07) is 2.06. The highest BCUT2D eigenvalue weighted by Crippen LogP contribution is 2.15. The van der Waals surface area contributed by atoms with E-state index in [-0.39, 0.29) is 0 Å². The first-order valence-corrected chi connectivity index (χ1v) is 4.67. The zero-order valence-corrected chi connectivity index (χ0v) is 7.95. The first-order chi connectivity index (χ1) is 6.25. The second kappa shape index (κ2) is 3.34. The van der Waals surface area contributed by atoms with Crippen LogP contribution in [0.5, 0.6) is 0 Å². The number of anilines is 1. The van der Waals surface area contributed by atoms with Crippen molar-refractivity contribution in [3.8, 4) is 0 Å². The molecule has 3 heteroatoms. The van der Waals surface area contributed by atoms with Crippen molar-refractivity contribution < 1.29 is 0 Å². The van der Waals surface area contributed by atoms with Crippen LogP contribution in [0.4, 0.5) is 5.69 Å². The van der Waals surface area contributed by atoms with Crippen molar-refractivity contribution in [3.05, 3.63) is 23.5 Å². The summed E-state index contributed by atoms with van der Waals surface area (Å²) in [7, 11) is 2.15. The van der Waals surface area contributed by atoms with Gasteiger partial charge in [-0.2, -0.15) is 0 Å². The number of nitrogens with two attached hydrogens (primary N) is 1. The molecule has 0 aliphatic carbocycles. The van der Waals surface area contributed by atoms with E-state index in [9.17, 15) is 0 Å². The third kappa shape index (κ3) is 1.80. The maximum absolute atomic E-state index is 5.69. The van der Waals surface area contributed by atoms with Crippen LogP contribution in [0, 0.1) is 0 Å². The van der Waals surface area contributed by atoms with E-state index < -0.39 is 0 Å². The van der Waals surface area contributed by atoms with Crippen LogP contribution >= 0.6 is 0 Å². The fourth-order valence-electron chi connectivity index (χ4n) is 1.72. The van der Waals surface area contributed by atoms with E-state index in [1.165, 1.54) is 11.3 Å². The second-order valence-electron chi connectivity index (χ2n) is 3.68. The molecule has 0 amide bonds. The summed E-state index contributed by atoms with van der Waals surface area (Å²) >= 11 is 0. The zero-order chi connectivity index (χ0) is 9.26. The summed E-state index contributed by atoms with van der Waals surface area (Å²) in [6.45, 7) is 2.21. The van der Waals surface area contributed by atoms with Gasteiger partial charge in [-0.25, -0.2) is 0 Å². The highest BCUT2D eigenvalue weighted by atomic mass is 15.1. The van der Waals surface area contributed by atoms with E-state index in [1.54, 1.807) is 6.20 Å². The number of fused-ring (bicyclic) bond motifs is 1. The molecule has 13 heavy (non-hydrogen) atoms. The molecule has 3 nitrogen and oxygen atoms in total. The Hall–Kier alpha value is -1.09. The van der Waals surface area contributed by atoms with Crippen LogP contribution in [-0.2, 0) is 12.8 Å². The maximum Gasteiger partial charge on any atom is 0.0503 e. The first kappa shape index (κ1) is 8.51. The molecule has 2 N–H and O–H groups in total. The highest BCUT2D eigenvalue weighted by Gasteiger charge is 2.11. The number of hydrogen-bond donors (Lipinski definition) is 1. The Morgan fingerprint density at radius 3 is 3.00 bits per heavy atom. The Kier molecular flexibility index (Phi) is 2.19. The molecule has 0 aromatic carbocycles. The molecule has 2 rings (SSSR count). The van der Waals surface area contributed by atoms with Gasteiger partial charge in [-0.05, 0) is 25.1 Å². The molecule has 2 heterocycles. The third-order valence-electron chi connectivity index (χ3n) is 2.57. The topological polar surface area (TPSA) is 42.1 Å². The number of pyridine rings is 1. The number of aromatic nitrogens is 1. The summed E-state index contributed by atoms with van der Waals surface area (Å²) in [5.74, 6) is 0. The molecule has 1 aliphatic heterocycles. The van der Waals surface area contributed by atoms with Gasteiger partial charge in [-0.1, -0.05) is 0 Å². The van der Waals surface area contributed by atoms with Crippen molar-refractivity contribution in [1.82, 2.24) is 9.88 Å². The van der Waals surface area contributed by atoms with Crippen molar-refractivity contribution in [1.29, 1.82) is 0 Å². The van der Waals surface area contributed by atoms with Crippen LogP contribution in [0.15, 0.2) is 12.3 Å². The zero-order valence-electron chi connectivity index (χ0n) is 7.95. The minimum absolute atomic E-state index is 0.781. The number of rotatable bonds is 0. The van der Waals surface area contributed by atoms with Gasteiger partial charge in [0.15, 0.2) is 0 Å². The first-order valence-electron chi connectivity index (χ1n) is 4.67. The van der Waals surface area contributed by atoms with Crippen LogP contribution in [0.2, 0.25) is 0 Å². The van der Waals surface area contributed by atoms with Crippen LogP contribution in [-0.4, -0.2) is 30.0 Å². The molecule has 0 spiro atoms. The summed E-state index contributed by atoms with van der Waals surface area (Å²) in [5, 5.41) is 0. The fourth-order valence-corrected chi connectivity index (χ4v) is 1.72. The third-order valence-corrected chi connectivity index (χ3v) is 2.57. The van der Waals surface area contributed by atoms with E-state index in [0.29, 0.717) is 0 Å². The highest BCUT2D eigenvalue weighted by molar-refractivity contribution is 5.40. The van der Waals surface area contributed by atoms with Crippen molar-refractivity contribution >= 4 is 5.69 Å². The Balaban J connectivity index is 2.30. The Morgan fingerprint density at radius 2 is 2.15 bits per heavy atom. The maximum atomic E-state index is 5.69. The van der Waals surface area contributed by atoms with E-state index >= 15 is 0 Å². The van der Waals surface area contributed by atoms with Crippen LogP contribution in [0.1, 0.15) is 11.3 Å². The molecule has 1 aromatic heterocycles. The van der Waals surface area contributed by atoms with Crippen LogP contribution in [0.3, 0.4) is 0 Å². The van der Waals surface area contributed by atoms with Crippen molar-refractivity contribution in [2.24, 2.45) is 0 Å². The van der Waals surface area contributed by atoms with Gasteiger partial charge in [0.2, 0.25) is 0 Å². The normalized spacial score (nSPS) is 17.9. The molecule has 0 atom stereocenters. The quantitative estimate of drug-likeness (QED) is 0.634. The Labute approximate surface area is 78.6 Å². The summed E-state index contributed by atoms with van der Waals surface area (Å²) < 4.78 is 0. The fraction of sp³-hybridized carbons (Fsp3) is 0.500. The van der Waals surface area contributed by atoms with Gasteiger partial charge >= 0.3 is 0 Å². The van der Waals surface area contributed by atoms with Gasteiger partial charge in [0.05, 0.1) is 11.9 Å². The largest absolute Gasteiger partial charge is 0.397 e. The summed E-state index contributed by atoms with van der Waals surface area (Å²) in [6.07, 6.45) is 3.88. The average Bonchev–Trinajstić information content (AvgIpc) is 2.29. The number of likely N-dealkylation sites (N-methyl/N-ethyl adjacent to an activating group) is 1. The predicted octanol–water partition coefficient (Wildman–Crippen LogP) is 0.694. The molecular formula is C10H15N3. The lowest BCUT2D eigenvalue weighted by Crippen LogP contribution is -2.20. The summed E-state index contributed by atoms with van der Waals surface area (Å²) in [5.41, 5.74) is 9.02. The lowest BCUT2D eigenvalue weighted by atomic mass is 10.1.